The molecule has 0 saturated carbocycles. The molecule has 3 aromatic rings. The van der Waals surface area contributed by atoms with Crippen molar-refractivity contribution in [3.05, 3.63) is 83.4 Å². The molecular formula is C25H28N2O4. The van der Waals surface area contributed by atoms with Crippen molar-refractivity contribution in [2.24, 2.45) is 0 Å². The monoisotopic (exact) mass is 420 g/mol. The molecule has 3 heterocycles. The van der Waals surface area contributed by atoms with Crippen LogP contribution in [0.1, 0.15) is 28.5 Å². The van der Waals surface area contributed by atoms with Crippen molar-refractivity contribution < 1.29 is 19.0 Å². The molecule has 1 fully saturated rings. The van der Waals surface area contributed by atoms with Gasteiger partial charge in [-0.3, -0.25) is 9.88 Å². The number of ether oxygens (including phenoxy) is 2. The quantitative estimate of drug-likeness (QED) is 0.654. The van der Waals surface area contributed by atoms with Gasteiger partial charge in [0.15, 0.2) is 0 Å². The van der Waals surface area contributed by atoms with Crippen LogP contribution in [0.3, 0.4) is 0 Å². The first-order chi connectivity index (χ1) is 15.2. The van der Waals surface area contributed by atoms with Gasteiger partial charge in [-0.05, 0) is 36.8 Å². The van der Waals surface area contributed by atoms with Crippen LogP contribution in [-0.4, -0.2) is 48.4 Å². The maximum atomic E-state index is 11.4. The molecule has 0 aliphatic carbocycles. The first kappa shape index (κ1) is 21.3. The molecule has 1 aromatic carbocycles. The minimum absolute atomic E-state index is 0.195. The number of hydrogen-bond donors (Lipinski definition) is 1. The second-order valence-corrected chi connectivity index (χ2v) is 7.54. The van der Waals surface area contributed by atoms with Crippen molar-refractivity contribution in [1.29, 1.82) is 0 Å². The summed E-state index contributed by atoms with van der Waals surface area (Å²) in [5.41, 5.74) is 3.49. The van der Waals surface area contributed by atoms with Gasteiger partial charge in [-0.25, -0.2) is 0 Å². The first-order valence-corrected chi connectivity index (χ1v) is 10.5. The maximum absolute atomic E-state index is 11.4. The number of hydrogen-bond acceptors (Lipinski definition) is 6. The van der Waals surface area contributed by atoms with Crippen LogP contribution in [0, 0.1) is 6.92 Å². The van der Waals surface area contributed by atoms with Crippen molar-refractivity contribution in [1.82, 2.24) is 9.88 Å². The Balaban J connectivity index is 2.10. The van der Waals surface area contributed by atoms with Crippen LogP contribution in [-0.2, 0) is 16.1 Å². The van der Waals surface area contributed by atoms with Crippen LogP contribution in [0.25, 0.3) is 11.0 Å². The molecule has 0 amide bonds. The summed E-state index contributed by atoms with van der Waals surface area (Å²) in [6, 6.07) is 15.1. The van der Waals surface area contributed by atoms with Crippen molar-refractivity contribution in [3.63, 3.8) is 0 Å². The minimum atomic E-state index is -0.195. The van der Waals surface area contributed by atoms with Gasteiger partial charge in [0.2, 0.25) is 0 Å². The third kappa shape index (κ3) is 4.56. The Labute approximate surface area is 182 Å². The van der Waals surface area contributed by atoms with Gasteiger partial charge in [0.1, 0.15) is 17.1 Å². The van der Waals surface area contributed by atoms with E-state index in [1.807, 2.05) is 49.4 Å². The summed E-state index contributed by atoms with van der Waals surface area (Å²) in [6.07, 6.45) is 3.58. The van der Waals surface area contributed by atoms with E-state index in [9.17, 15) is 5.11 Å². The number of fused-ring (bicyclic) bond motifs is 1. The molecule has 1 aliphatic rings. The zero-order valence-electron chi connectivity index (χ0n) is 18.0. The number of nitrogens with zero attached hydrogens (tertiary/aromatic N) is 2. The van der Waals surface area contributed by atoms with Gasteiger partial charge < -0.3 is 19.0 Å². The average molecular weight is 421 g/mol. The lowest BCUT2D eigenvalue weighted by Gasteiger charge is -2.35. The molecule has 4 rings (SSSR count). The smallest absolute Gasteiger partial charge is 0.135 e. The molecule has 1 unspecified atom stereocenters. The fourth-order valence-corrected chi connectivity index (χ4v) is 4.19. The summed E-state index contributed by atoms with van der Waals surface area (Å²) >= 11 is 0. The largest absolute Gasteiger partial charge is 0.508 e. The molecule has 1 N–H and O–H groups in total. The van der Waals surface area contributed by atoms with Crippen molar-refractivity contribution in [2.75, 3.05) is 33.4 Å². The van der Waals surface area contributed by atoms with Crippen LogP contribution < -0.4 is 0 Å². The lowest BCUT2D eigenvalue weighted by molar-refractivity contribution is 0.0238. The highest BCUT2D eigenvalue weighted by Gasteiger charge is 2.29. The molecule has 0 spiro atoms. The average Bonchev–Trinajstić information content (AvgIpc) is 3.10. The molecule has 0 radical (unpaired) electrons. The summed E-state index contributed by atoms with van der Waals surface area (Å²) in [4.78, 5) is 6.54. The fraction of sp³-hybridized carbons (Fsp3) is 0.320. The van der Waals surface area contributed by atoms with E-state index in [1.54, 1.807) is 25.6 Å². The van der Waals surface area contributed by atoms with Crippen LogP contribution in [0.4, 0.5) is 0 Å². The van der Waals surface area contributed by atoms with Gasteiger partial charge in [0.05, 0.1) is 25.9 Å². The van der Waals surface area contributed by atoms with Gasteiger partial charge in [-0.15, -0.1) is 0 Å². The molecule has 6 nitrogen and oxygen atoms in total. The van der Waals surface area contributed by atoms with Gasteiger partial charge in [-0.1, -0.05) is 24.3 Å². The van der Waals surface area contributed by atoms with E-state index < -0.39 is 0 Å². The summed E-state index contributed by atoms with van der Waals surface area (Å²) in [7, 11) is 1.67. The third-order valence-corrected chi connectivity index (χ3v) is 5.61. The summed E-state index contributed by atoms with van der Waals surface area (Å²) in [6.45, 7) is 5.14. The van der Waals surface area contributed by atoms with Gasteiger partial charge in [0.25, 0.3) is 0 Å². The normalized spacial score (nSPS) is 15.5. The highest BCUT2D eigenvalue weighted by Crippen LogP contribution is 2.41. The van der Waals surface area contributed by atoms with Crippen LogP contribution in [0.2, 0.25) is 0 Å². The first-order valence-electron chi connectivity index (χ1n) is 10.5. The van der Waals surface area contributed by atoms with Crippen LogP contribution in [0.5, 0.6) is 5.75 Å². The van der Waals surface area contributed by atoms with Gasteiger partial charge in [0, 0.05) is 49.1 Å². The predicted octanol–water partition coefficient (Wildman–Crippen LogP) is 4.53. The molecule has 6 heteroatoms. The molecular weight excluding hydrogens is 392 g/mol. The van der Waals surface area contributed by atoms with E-state index in [1.165, 1.54) is 0 Å². The standard InChI is InChI=1S/C25H28N2O4/c1-18-20(17-29-2)23-22(31-18)8-6-4-3-5-7-21(28)24(23)25(19-9-11-26-12-10-19)27-13-15-30-16-14-27/h3-12,25,28H,13-17H2,1-2H3. The third-order valence-electron chi connectivity index (χ3n) is 5.61. The SMILES string of the molecule is COCc1c(C)oc2ccccccc(O)c(C(c3ccncc3)N3CCOCC3)c12. The summed E-state index contributed by atoms with van der Waals surface area (Å²) in [5.74, 6) is 0.983. The molecule has 1 saturated heterocycles. The summed E-state index contributed by atoms with van der Waals surface area (Å²) in [5, 5.41) is 12.3. The van der Waals surface area contributed by atoms with Crippen LogP contribution in [0.15, 0.2) is 65.3 Å². The number of pyridine rings is 1. The Morgan fingerprint density at radius 2 is 1.77 bits per heavy atom. The van der Waals surface area contributed by atoms with Crippen molar-refractivity contribution in [3.8, 4) is 5.75 Å². The zero-order valence-corrected chi connectivity index (χ0v) is 18.0. The highest BCUT2D eigenvalue weighted by atomic mass is 16.5. The molecule has 2 aromatic heterocycles. The number of aromatic nitrogens is 1. The molecule has 0 bridgehead atoms. The van der Waals surface area contributed by atoms with E-state index >= 15 is 0 Å². The minimum Gasteiger partial charge on any atom is -0.508 e. The Morgan fingerprint density at radius 3 is 2.48 bits per heavy atom. The maximum Gasteiger partial charge on any atom is 0.135 e. The fourth-order valence-electron chi connectivity index (χ4n) is 4.19. The molecule has 1 aliphatic heterocycles. The second-order valence-electron chi connectivity index (χ2n) is 7.54. The number of morpholine rings is 1. The number of furan rings is 1. The van der Waals surface area contributed by atoms with E-state index in [-0.39, 0.29) is 11.8 Å². The Bertz CT molecular complexity index is 1070. The summed E-state index contributed by atoms with van der Waals surface area (Å²) < 4.78 is 17.3. The van der Waals surface area contributed by atoms with E-state index in [4.69, 9.17) is 13.9 Å². The lowest BCUT2D eigenvalue weighted by atomic mass is 9.93. The molecule has 162 valence electrons. The molecule has 31 heavy (non-hydrogen) atoms. The number of rotatable bonds is 5. The number of aryl methyl sites for hydroxylation is 1. The predicted molar refractivity (Wildman–Crippen MR) is 119 cm³/mol. The number of aromatic hydroxyl groups is 1. The van der Waals surface area contributed by atoms with Crippen molar-refractivity contribution in [2.45, 2.75) is 19.6 Å². The van der Waals surface area contributed by atoms with E-state index in [0.29, 0.717) is 25.4 Å². The Kier molecular flexibility index (Phi) is 6.82. The van der Waals surface area contributed by atoms with E-state index in [0.717, 1.165) is 40.9 Å². The van der Waals surface area contributed by atoms with Crippen LogP contribution >= 0.6 is 0 Å². The van der Waals surface area contributed by atoms with Gasteiger partial charge in [-0.2, -0.15) is 0 Å². The van der Waals surface area contributed by atoms with E-state index in [2.05, 4.69) is 9.88 Å². The second kappa shape index (κ2) is 9.92. The lowest BCUT2D eigenvalue weighted by Crippen LogP contribution is -2.39. The Hall–Kier alpha value is -2.93. The highest BCUT2D eigenvalue weighted by molar-refractivity contribution is 5.87. The number of methoxy groups -OCH3 is 1. The zero-order chi connectivity index (χ0) is 21.6. The van der Waals surface area contributed by atoms with Crippen molar-refractivity contribution >= 4 is 11.0 Å². The Morgan fingerprint density at radius 1 is 1.06 bits per heavy atom. The molecule has 1 atom stereocenters. The topological polar surface area (TPSA) is 68.0 Å². The van der Waals surface area contributed by atoms with Gasteiger partial charge >= 0.3 is 0 Å².